The smallest absolute Gasteiger partial charge is 0.117 e. The van der Waals surface area contributed by atoms with Crippen LogP contribution in [0.15, 0.2) is 0 Å². The van der Waals surface area contributed by atoms with Crippen molar-refractivity contribution in [2.75, 3.05) is 0 Å². The van der Waals surface area contributed by atoms with Gasteiger partial charge in [-0.1, -0.05) is 0 Å². The molecule has 0 saturated carbocycles. The zero-order valence-electron chi connectivity index (χ0n) is 2.28. The lowest BCUT2D eigenvalue weighted by molar-refractivity contribution is 3.07. The summed E-state index contributed by atoms with van der Waals surface area (Å²) in [6, 6.07) is 0. The highest BCUT2D eigenvalue weighted by Crippen LogP contribution is 1.15. The van der Waals surface area contributed by atoms with Crippen molar-refractivity contribution < 1.29 is 0 Å². The Balaban J connectivity index is 2.92. The molecule has 0 spiro atoms. The minimum atomic E-state index is 0.418. The summed E-state index contributed by atoms with van der Waals surface area (Å²) in [5.74, 6) is 0. The van der Waals surface area contributed by atoms with Crippen molar-refractivity contribution >= 4 is 15.3 Å². The zero-order valence-corrected chi connectivity index (χ0v) is 3.28. The Bertz CT molecular complexity index is 48.8. The normalized spacial score (nSPS) is 3.75. The van der Waals surface area contributed by atoms with Gasteiger partial charge in [0.05, 0.1) is 0 Å². The second-order valence-electron chi connectivity index (χ2n) is 0.321. The molecule has 0 nitrogen and oxygen atoms in total. The van der Waals surface area contributed by atoms with Gasteiger partial charge < -0.3 is 0 Å². The van der Waals surface area contributed by atoms with Crippen molar-refractivity contribution in [3.8, 4) is 12.0 Å². The molecule has 0 aromatic rings. The van der Waals surface area contributed by atoms with Crippen LogP contribution < -0.4 is 0 Å². The second kappa shape index (κ2) is 2.65. The van der Waals surface area contributed by atoms with Gasteiger partial charge in [0, 0.05) is 0 Å². The molecule has 1 radical (unpaired) electrons. The minimum Gasteiger partial charge on any atom is -0.123 e. The fraction of sp³-hybridized carbons (Fsp3) is 0. The van der Waals surface area contributed by atoms with E-state index in [1.807, 2.05) is 0 Å². The summed E-state index contributed by atoms with van der Waals surface area (Å²) in [6.45, 7) is 0. The Hall–Kier alpha value is -0.353. The molecule has 0 aromatic heterocycles. The van der Waals surface area contributed by atoms with Crippen molar-refractivity contribution in [2.24, 2.45) is 0 Å². The van der Waals surface area contributed by atoms with E-state index >= 15 is 0 Å². The minimum absolute atomic E-state index is 0.418. The summed E-state index contributed by atoms with van der Waals surface area (Å²) in [7, 11) is 0.418. The molecule has 0 aromatic carbocycles. The van der Waals surface area contributed by atoms with Crippen LogP contribution in [0.4, 0.5) is 0 Å². The first-order chi connectivity index (χ1) is 1.91. The fourth-order valence-corrected chi connectivity index (χ4v) is 0. The monoisotopic (exact) mass is 67.0 g/mol. The van der Waals surface area contributed by atoms with E-state index in [1.54, 1.807) is 0 Å². The largest absolute Gasteiger partial charge is 0.123 e. The van der Waals surface area contributed by atoms with Crippen LogP contribution in [0.1, 0.15) is 0 Å². The Morgan fingerprint density at radius 2 is 2.25 bits per heavy atom. The van der Waals surface area contributed by atoms with Crippen LogP contribution in [-0.4, -0.2) is 15.3 Å². The van der Waals surface area contributed by atoms with E-state index in [0.29, 0.717) is 9.13 Å². The van der Waals surface area contributed by atoms with Crippen LogP contribution in [0, 0.1) is 12.0 Å². The van der Waals surface area contributed by atoms with Crippen LogP contribution in [0.25, 0.3) is 0 Å². The van der Waals surface area contributed by atoms with E-state index in [-0.39, 0.29) is 0 Å². The molecule has 0 amide bonds. The summed E-state index contributed by atoms with van der Waals surface area (Å²) >= 11 is 0. The molecule has 4 heavy (non-hydrogen) atoms. The van der Waals surface area contributed by atoms with Gasteiger partial charge in [0.2, 0.25) is 0 Å². The molecule has 0 N–H and O–H groups in total. The maximum Gasteiger partial charge on any atom is 0.117 e. The highest BCUT2D eigenvalue weighted by atomic mass is 28.2. The predicted octanol–water partition coefficient (Wildman–Crippen LogP) is -0.287. The molecule has 0 unspecified atom stereocenters. The summed E-state index contributed by atoms with van der Waals surface area (Å²) in [5, 5.41) is 0. The second-order valence-corrected chi connectivity index (χ2v) is 0.963. The molecule has 0 rings (SSSR count). The van der Waals surface area contributed by atoms with Gasteiger partial charge in [0.25, 0.3) is 0 Å². The van der Waals surface area contributed by atoms with E-state index in [1.165, 1.54) is 0 Å². The van der Waals surface area contributed by atoms with Gasteiger partial charge in [0.15, 0.2) is 0 Å². The zero-order chi connectivity index (χ0) is 3.41. The van der Waals surface area contributed by atoms with Gasteiger partial charge in [-0.15, -0.1) is 18.1 Å². The fourth-order valence-electron chi connectivity index (χ4n) is 0. The van der Waals surface area contributed by atoms with Crippen LogP contribution in [-0.2, 0) is 0 Å². The Kier molecular flexibility index (Phi) is 2.41. The lowest BCUT2D eigenvalue weighted by Gasteiger charge is -1.34. The summed E-state index contributed by atoms with van der Waals surface area (Å²) in [5.41, 5.74) is 2.35. The van der Waals surface area contributed by atoms with Gasteiger partial charge >= 0.3 is 0 Å². The van der Waals surface area contributed by atoms with E-state index in [4.69, 9.17) is 6.42 Å². The molecule has 0 saturated heterocycles. The summed E-state index contributed by atoms with van der Waals surface area (Å²) in [6.07, 6.45) is 8.12. The highest BCUT2D eigenvalue weighted by Gasteiger charge is 1.31. The molecule has 0 heterocycles. The highest BCUT2D eigenvalue weighted by molar-refractivity contribution is 6.49. The Morgan fingerprint density at radius 1 is 2.00 bits per heavy atom. The first-order valence-corrected chi connectivity index (χ1v) is 2.10. The lowest BCUT2D eigenvalue weighted by atomic mass is 11.4. The number of rotatable bonds is 0. The molecular weight excluding hydrogens is 64.1 g/mol. The lowest BCUT2D eigenvalue weighted by Crippen LogP contribution is -1.54. The SMILES string of the molecule is C#C[Si]=C. The van der Waals surface area contributed by atoms with Crippen molar-refractivity contribution in [1.82, 2.24) is 0 Å². The van der Waals surface area contributed by atoms with Gasteiger partial charge in [-0.2, -0.15) is 0 Å². The first-order valence-electron chi connectivity index (χ1n) is 0.892. The van der Waals surface area contributed by atoms with Crippen molar-refractivity contribution in [2.45, 2.75) is 0 Å². The molecule has 0 atom stereocenters. The molecule has 19 valence electrons. The molecular formula is C3H3Si. The van der Waals surface area contributed by atoms with Crippen LogP contribution in [0.5, 0.6) is 0 Å². The maximum absolute atomic E-state index is 4.73. The van der Waals surface area contributed by atoms with E-state index in [0.717, 1.165) is 0 Å². The predicted molar refractivity (Wildman–Crippen MR) is 21.7 cm³/mol. The number of hydrogen-bond acceptors (Lipinski definition) is 0. The molecule has 0 fully saturated rings. The number of terminal acetylenes is 1. The van der Waals surface area contributed by atoms with Crippen LogP contribution >= 0.6 is 0 Å². The standard InChI is InChI=1S/C3H3Si/c1-3-4-2/h1H,2H2. The van der Waals surface area contributed by atoms with Gasteiger partial charge in [0.1, 0.15) is 9.13 Å². The summed E-state index contributed by atoms with van der Waals surface area (Å²) in [4.78, 5) is 0. The van der Waals surface area contributed by atoms with Gasteiger partial charge in [-0.05, 0) is 0 Å². The van der Waals surface area contributed by atoms with E-state index in [2.05, 4.69) is 11.7 Å². The van der Waals surface area contributed by atoms with Crippen molar-refractivity contribution in [3.05, 3.63) is 0 Å². The summed E-state index contributed by atoms with van der Waals surface area (Å²) < 4.78 is 0. The average Bonchev–Trinajstić information content (AvgIpc) is 1.37. The quantitative estimate of drug-likeness (QED) is 0.270. The van der Waals surface area contributed by atoms with Crippen molar-refractivity contribution in [1.29, 1.82) is 0 Å². The topological polar surface area (TPSA) is 0 Å². The van der Waals surface area contributed by atoms with Crippen molar-refractivity contribution in [3.63, 3.8) is 0 Å². The van der Waals surface area contributed by atoms with E-state index < -0.39 is 0 Å². The van der Waals surface area contributed by atoms with Gasteiger partial charge in [-0.3, -0.25) is 0 Å². The van der Waals surface area contributed by atoms with E-state index in [9.17, 15) is 0 Å². The van der Waals surface area contributed by atoms with Crippen LogP contribution in [0.3, 0.4) is 0 Å². The molecule has 0 aliphatic carbocycles. The number of hydrogen-bond donors (Lipinski definition) is 0. The molecule has 0 aliphatic rings. The first kappa shape index (κ1) is 3.65. The molecule has 0 aliphatic heterocycles. The Labute approximate surface area is 28.3 Å². The third-order valence-electron chi connectivity index (χ3n) is 0.102. The third-order valence-corrected chi connectivity index (χ3v) is 0.306. The maximum atomic E-state index is 4.73. The Morgan fingerprint density at radius 3 is 2.25 bits per heavy atom. The molecule has 0 bridgehead atoms. The molecule has 1 heteroatoms. The third kappa shape index (κ3) is 1.65. The van der Waals surface area contributed by atoms with Gasteiger partial charge in [-0.25, -0.2) is 0 Å². The average molecular weight is 67.1 g/mol. The van der Waals surface area contributed by atoms with Crippen LogP contribution in [0.2, 0.25) is 0 Å².